The van der Waals surface area contributed by atoms with E-state index in [1.54, 1.807) is 12.3 Å². The minimum absolute atomic E-state index is 0.338. The van der Waals surface area contributed by atoms with Gasteiger partial charge >= 0.3 is 5.97 Å². The maximum Gasteiger partial charge on any atom is 0.337 e. The molecule has 2 rings (SSSR count). The molecule has 1 atom stereocenters. The summed E-state index contributed by atoms with van der Waals surface area (Å²) in [6.07, 6.45) is 3.48. The van der Waals surface area contributed by atoms with Gasteiger partial charge in [-0.15, -0.1) is 0 Å². The van der Waals surface area contributed by atoms with Crippen LogP contribution in [0.25, 0.3) is 0 Å². The number of carboxylic acid groups (broad SMARTS) is 1. The Morgan fingerprint density at radius 1 is 1.29 bits per heavy atom. The molecular formula is C14H15NO2. The van der Waals surface area contributed by atoms with E-state index in [0.29, 0.717) is 11.5 Å². The summed E-state index contributed by atoms with van der Waals surface area (Å²) >= 11 is 0. The molecule has 0 amide bonds. The topological polar surface area (TPSA) is 42.2 Å². The predicted octanol–water partition coefficient (Wildman–Crippen LogP) is 2.99. The molecule has 1 unspecified atom stereocenters. The summed E-state index contributed by atoms with van der Waals surface area (Å²) in [5, 5.41) is 8.84. The molecule has 3 heteroatoms. The summed E-state index contributed by atoms with van der Waals surface area (Å²) in [7, 11) is 0. The Balaban J connectivity index is 2.08. The molecule has 1 aromatic carbocycles. The molecule has 0 bridgehead atoms. The van der Waals surface area contributed by atoms with Crippen LogP contribution < -0.4 is 0 Å². The summed E-state index contributed by atoms with van der Waals surface area (Å²) < 4.78 is 1.92. The fraction of sp³-hybridized carbons (Fsp3) is 0.214. The van der Waals surface area contributed by atoms with Gasteiger partial charge < -0.3 is 9.67 Å². The average molecular weight is 229 g/mol. The monoisotopic (exact) mass is 229 g/mol. The molecule has 1 N–H and O–H groups in total. The van der Waals surface area contributed by atoms with Crippen LogP contribution in [0.4, 0.5) is 0 Å². The van der Waals surface area contributed by atoms with Gasteiger partial charge in [0, 0.05) is 18.9 Å². The Bertz CT molecular complexity index is 502. The van der Waals surface area contributed by atoms with E-state index >= 15 is 0 Å². The van der Waals surface area contributed by atoms with Gasteiger partial charge in [-0.05, 0) is 17.5 Å². The highest BCUT2D eigenvalue weighted by atomic mass is 16.4. The molecule has 88 valence electrons. The molecule has 0 fully saturated rings. The van der Waals surface area contributed by atoms with Gasteiger partial charge in [0.05, 0.1) is 5.56 Å². The van der Waals surface area contributed by atoms with Gasteiger partial charge in [0.25, 0.3) is 0 Å². The van der Waals surface area contributed by atoms with Crippen LogP contribution in [0, 0.1) is 0 Å². The third-order valence-corrected chi connectivity index (χ3v) is 2.85. The van der Waals surface area contributed by atoms with Crippen molar-refractivity contribution in [1.82, 2.24) is 4.57 Å². The Morgan fingerprint density at radius 3 is 2.59 bits per heavy atom. The van der Waals surface area contributed by atoms with Crippen LogP contribution in [0.15, 0.2) is 48.8 Å². The summed E-state index contributed by atoms with van der Waals surface area (Å²) in [5.74, 6) is -0.513. The molecular weight excluding hydrogens is 214 g/mol. The highest BCUT2D eigenvalue weighted by Crippen LogP contribution is 2.17. The number of hydrogen-bond donors (Lipinski definition) is 1. The van der Waals surface area contributed by atoms with Gasteiger partial charge in [0.15, 0.2) is 0 Å². The van der Waals surface area contributed by atoms with Crippen LogP contribution >= 0.6 is 0 Å². The molecule has 0 saturated heterocycles. The van der Waals surface area contributed by atoms with Gasteiger partial charge in [-0.3, -0.25) is 0 Å². The molecule has 2 aromatic rings. The molecule has 0 aliphatic carbocycles. The maximum absolute atomic E-state index is 10.8. The number of carboxylic acids is 1. The Kier molecular flexibility index (Phi) is 3.28. The largest absolute Gasteiger partial charge is 0.478 e. The summed E-state index contributed by atoms with van der Waals surface area (Å²) in [6, 6.07) is 11.8. The average Bonchev–Trinajstić information content (AvgIpc) is 2.79. The third-order valence-electron chi connectivity index (χ3n) is 2.85. The van der Waals surface area contributed by atoms with Gasteiger partial charge in [0.1, 0.15) is 0 Å². The molecule has 1 heterocycles. The second-order valence-electron chi connectivity index (χ2n) is 4.21. The van der Waals surface area contributed by atoms with E-state index in [1.165, 1.54) is 5.56 Å². The van der Waals surface area contributed by atoms with Crippen LogP contribution in [0.2, 0.25) is 0 Å². The number of aromatic carboxylic acids is 1. The molecule has 0 radical (unpaired) electrons. The standard InChI is InChI=1S/C14H15NO2/c1-11(12-5-3-2-4-6-12)9-15-8-7-13(10-15)14(16)17/h2-8,10-11H,9H2,1H3,(H,16,17). The van der Waals surface area contributed by atoms with Crippen molar-refractivity contribution in [2.24, 2.45) is 0 Å². The molecule has 17 heavy (non-hydrogen) atoms. The van der Waals surface area contributed by atoms with Crippen molar-refractivity contribution in [3.63, 3.8) is 0 Å². The zero-order valence-corrected chi connectivity index (χ0v) is 9.71. The van der Waals surface area contributed by atoms with Crippen molar-refractivity contribution in [2.75, 3.05) is 0 Å². The van der Waals surface area contributed by atoms with E-state index in [2.05, 4.69) is 19.1 Å². The van der Waals surface area contributed by atoms with Crippen molar-refractivity contribution in [3.05, 3.63) is 59.9 Å². The summed E-state index contributed by atoms with van der Waals surface area (Å²) in [5.41, 5.74) is 1.60. The minimum atomic E-state index is -0.879. The fourth-order valence-corrected chi connectivity index (χ4v) is 1.88. The number of benzene rings is 1. The van der Waals surface area contributed by atoms with Crippen molar-refractivity contribution in [3.8, 4) is 0 Å². The van der Waals surface area contributed by atoms with Crippen LogP contribution in [-0.4, -0.2) is 15.6 Å². The zero-order valence-electron chi connectivity index (χ0n) is 9.71. The molecule has 0 aliphatic heterocycles. The van der Waals surface area contributed by atoms with E-state index in [4.69, 9.17) is 5.11 Å². The number of rotatable bonds is 4. The van der Waals surface area contributed by atoms with Crippen molar-refractivity contribution in [2.45, 2.75) is 19.4 Å². The molecule has 1 aromatic heterocycles. The fourth-order valence-electron chi connectivity index (χ4n) is 1.88. The highest BCUT2D eigenvalue weighted by molar-refractivity contribution is 5.87. The summed E-state index contributed by atoms with van der Waals surface area (Å²) in [6.45, 7) is 2.92. The van der Waals surface area contributed by atoms with E-state index in [-0.39, 0.29) is 0 Å². The molecule has 3 nitrogen and oxygen atoms in total. The minimum Gasteiger partial charge on any atom is -0.478 e. The first kappa shape index (κ1) is 11.5. The second-order valence-corrected chi connectivity index (χ2v) is 4.21. The first-order chi connectivity index (χ1) is 8.16. The van der Waals surface area contributed by atoms with Crippen LogP contribution in [0.3, 0.4) is 0 Å². The maximum atomic E-state index is 10.8. The van der Waals surface area contributed by atoms with Gasteiger partial charge in [-0.2, -0.15) is 0 Å². The van der Waals surface area contributed by atoms with Crippen LogP contribution in [-0.2, 0) is 6.54 Å². The SMILES string of the molecule is CC(Cn1ccc(C(=O)O)c1)c1ccccc1. The lowest BCUT2D eigenvalue weighted by Crippen LogP contribution is -2.04. The Morgan fingerprint density at radius 2 is 2.00 bits per heavy atom. The molecule has 0 saturated carbocycles. The predicted molar refractivity (Wildman–Crippen MR) is 66.2 cm³/mol. The van der Waals surface area contributed by atoms with Crippen LogP contribution in [0.1, 0.15) is 28.8 Å². The lowest BCUT2D eigenvalue weighted by Gasteiger charge is -2.12. The zero-order chi connectivity index (χ0) is 12.3. The van der Waals surface area contributed by atoms with Gasteiger partial charge in [-0.1, -0.05) is 37.3 Å². The van der Waals surface area contributed by atoms with E-state index in [1.807, 2.05) is 29.0 Å². The van der Waals surface area contributed by atoms with E-state index in [0.717, 1.165) is 6.54 Å². The molecule has 0 spiro atoms. The highest BCUT2D eigenvalue weighted by Gasteiger charge is 2.08. The summed E-state index contributed by atoms with van der Waals surface area (Å²) in [4.78, 5) is 10.8. The number of carbonyl (C=O) groups is 1. The number of hydrogen-bond acceptors (Lipinski definition) is 1. The number of nitrogens with zero attached hydrogens (tertiary/aromatic N) is 1. The second kappa shape index (κ2) is 4.87. The Hall–Kier alpha value is -2.03. The first-order valence-corrected chi connectivity index (χ1v) is 5.61. The quantitative estimate of drug-likeness (QED) is 0.875. The van der Waals surface area contributed by atoms with Crippen molar-refractivity contribution in [1.29, 1.82) is 0 Å². The smallest absolute Gasteiger partial charge is 0.337 e. The normalized spacial score (nSPS) is 12.3. The van der Waals surface area contributed by atoms with Crippen LogP contribution in [0.5, 0.6) is 0 Å². The number of aromatic nitrogens is 1. The molecule has 0 aliphatic rings. The first-order valence-electron chi connectivity index (χ1n) is 5.61. The van der Waals surface area contributed by atoms with Gasteiger partial charge in [-0.25, -0.2) is 4.79 Å². The lowest BCUT2D eigenvalue weighted by molar-refractivity contribution is 0.0697. The lowest BCUT2D eigenvalue weighted by atomic mass is 10.0. The Labute approximate surface area is 100 Å². The third kappa shape index (κ3) is 2.75. The van der Waals surface area contributed by atoms with Gasteiger partial charge in [0.2, 0.25) is 0 Å². The van der Waals surface area contributed by atoms with Crippen molar-refractivity contribution >= 4 is 5.97 Å². The van der Waals surface area contributed by atoms with Crippen molar-refractivity contribution < 1.29 is 9.90 Å². The van der Waals surface area contributed by atoms with E-state index < -0.39 is 5.97 Å². The van der Waals surface area contributed by atoms with E-state index in [9.17, 15) is 4.79 Å².